The van der Waals surface area contributed by atoms with Gasteiger partial charge in [0, 0.05) is 0 Å². The zero-order valence-corrected chi connectivity index (χ0v) is 12.1. The van der Waals surface area contributed by atoms with E-state index in [0.717, 1.165) is 18.2 Å². The third kappa shape index (κ3) is 5.07. The standard InChI is InChI=1S/C12H14O9S/c13-1-3-20-11(15)8-5-9(12(16)21-4-2-14)7-10(6-8)22(17,18)19/h5-7,13-14H,1-4H2,(H,17,18,19). The molecule has 122 valence electrons. The van der Waals surface area contributed by atoms with Crippen LogP contribution in [-0.4, -0.2) is 61.5 Å². The Hall–Kier alpha value is -2.01. The number of carbonyl (C=O) groups is 2. The van der Waals surface area contributed by atoms with Crippen LogP contribution >= 0.6 is 0 Å². The van der Waals surface area contributed by atoms with E-state index in [1.165, 1.54) is 0 Å². The average Bonchev–Trinajstić information content (AvgIpc) is 2.48. The first-order chi connectivity index (χ1) is 10.3. The summed E-state index contributed by atoms with van der Waals surface area (Å²) in [5, 5.41) is 17.1. The lowest BCUT2D eigenvalue weighted by Gasteiger charge is -2.08. The van der Waals surface area contributed by atoms with Crippen LogP contribution in [0.25, 0.3) is 0 Å². The molecular weight excluding hydrogens is 320 g/mol. The normalized spacial score (nSPS) is 11.0. The summed E-state index contributed by atoms with van der Waals surface area (Å²) in [4.78, 5) is 22.6. The fourth-order valence-corrected chi connectivity index (χ4v) is 1.98. The summed E-state index contributed by atoms with van der Waals surface area (Å²) in [5.41, 5.74) is -0.640. The highest BCUT2D eigenvalue weighted by atomic mass is 32.2. The number of esters is 2. The molecule has 22 heavy (non-hydrogen) atoms. The molecule has 0 aliphatic carbocycles. The van der Waals surface area contributed by atoms with Crippen LogP contribution in [0.3, 0.4) is 0 Å². The van der Waals surface area contributed by atoms with Gasteiger partial charge >= 0.3 is 11.9 Å². The molecule has 0 fully saturated rings. The van der Waals surface area contributed by atoms with E-state index in [9.17, 15) is 18.0 Å². The van der Waals surface area contributed by atoms with Crippen LogP contribution in [0.1, 0.15) is 20.7 Å². The van der Waals surface area contributed by atoms with Crippen molar-refractivity contribution in [1.82, 2.24) is 0 Å². The summed E-state index contributed by atoms with van der Waals surface area (Å²) in [6, 6.07) is 2.64. The molecular formula is C12H14O9S. The van der Waals surface area contributed by atoms with E-state index in [0.29, 0.717) is 0 Å². The molecule has 1 rings (SSSR count). The van der Waals surface area contributed by atoms with Gasteiger partial charge in [-0.25, -0.2) is 9.59 Å². The number of hydrogen-bond donors (Lipinski definition) is 3. The summed E-state index contributed by atoms with van der Waals surface area (Å²) in [6.07, 6.45) is 0. The Morgan fingerprint density at radius 2 is 1.32 bits per heavy atom. The van der Waals surface area contributed by atoms with Crippen molar-refractivity contribution in [3.63, 3.8) is 0 Å². The van der Waals surface area contributed by atoms with Gasteiger partial charge in [0.25, 0.3) is 10.1 Å². The Kier molecular flexibility index (Phi) is 6.43. The van der Waals surface area contributed by atoms with Crippen molar-refractivity contribution < 1.29 is 42.2 Å². The van der Waals surface area contributed by atoms with E-state index in [-0.39, 0.29) is 24.3 Å². The van der Waals surface area contributed by atoms with Crippen LogP contribution in [0.15, 0.2) is 23.1 Å². The van der Waals surface area contributed by atoms with Gasteiger partial charge in [0.15, 0.2) is 0 Å². The number of ether oxygens (including phenoxy) is 2. The summed E-state index contributed by atoms with van der Waals surface area (Å²) in [5.74, 6) is -1.98. The van der Waals surface area contributed by atoms with Crippen molar-refractivity contribution >= 4 is 22.1 Å². The predicted molar refractivity (Wildman–Crippen MR) is 71.0 cm³/mol. The summed E-state index contributed by atoms with van der Waals surface area (Å²) >= 11 is 0. The highest BCUT2D eigenvalue weighted by Crippen LogP contribution is 2.17. The van der Waals surface area contributed by atoms with Gasteiger partial charge in [-0.3, -0.25) is 4.55 Å². The maximum absolute atomic E-state index is 11.7. The van der Waals surface area contributed by atoms with Crippen LogP contribution in [-0.2, 0) is 19.6 Å². The van der Waals surface area contributed by atoms with Gasteiger partial charge in [0.05, 0.1) is 29.2 Å². The Balaban J connectivity index is 3.22. The number of aliphatic hydroxyl groups excluding tert-OH is 2. The minimum absolute atomic E-state index is 0.320. The van der Waals surface area contributed by atoms with Crippen molar-refractivity contribution in [1.29, 1.82) is 0 Å². The van der Waals surface area contributed by atoms with Crippen molar-refractivity contribution in [3.8, 4) is 0 Å². The van der Waals surface area contributed by atoms with Gasteiger partial charge < -0.3 is 19.7 Å². The van der Waals surface area contributed by atoms with Crippen LogP contribution in [0, 0.1) is 0 Å². The van der Waals surface area contributed by atoms with Crippen molar-refractivity contribution in [3.05, 3.63) is 29.3 Å². The van der Waals surface area contributed by atoms with Gasteiger partial charge in [0.1, 0.15) is 13.2 Å². The van der Waals surface area contributed by atoms with Gasteiger partial charge in [-0.2, -0.15) is 8.42 Å². The lowest BCUT2D eigenvalue weighted by Crippen LogP contribution is -2.14. The van der Waals surface area contributed by atoms with Gasteiger partial charge in [-0.1, -0.05) is 0 Å². The maximum Gasteiger partial charge on any atom is 0.338 e. The first-order valence-corrected chi connectivity index (χ1v) is 7.42. The highest BCUT2D eigenvalue weighted by molar-refractivity contribution is 7.85. The van der Waals surface area contributed by atoms with Crippen LogP contribution < -0.4 is 0 Å². The number of aliphatic hydroxyl groups is 2. The van der Waals surface area contributed by atoms with Crippen molar-refractivity contribution in [2.45, 2.75) is 4.90 Å². The second kappa shape index (κ2) is 7.84. The Morgan fingerprint density at radius 3 is 1.64 bits per heavy atom. The van der Waals surface area contributed by atoms with Crippen molar-refractivity contribution in [2.24, 2.45) is 0 Å². The molecule has 0 aliphatic rings. The van der Waals surface area contributed by atoms with E-state index >= 15 is 0 Å². The number of hydrogen-bond acceptors (Lipinski definition) is 8. The molecule has 0 unspecified atom stereocenters. The largest absolute Gasteiger partial charge is 0.460 e. The summed E-state index contributed by atoms with van der Waals surface area (Å²) < 4.78 is 40.6. The molecule has 0 amide bonds. The van der Waals surface area contributed by atoms with Gasteiger partial charge in [0.2, 0.25) is 0 Å². The predicted octanol–water partition coefficient (Wildman–Crippen LogP) is -0.768. The van der Waals surface area contributed by atoms with Crippen molar-refractivity contribution in [2.75, 3.05) is 26.4 Å². The number of carbonyl (C=O) groups excluding carboxylic acids is 2. The van der Waals surface area contributed by atoms with Crippen LogP contribution in [0.5, 0.6) is 0 Å². The first-order valence-electron chi connectivity index (χ1n) is 5.98. The maximum atomic E-state index is 11.7. The molecule has 10 heteroatoms. The zero-order chi connectivity index (χ0) is 16.8. The lowest BCUT2D eigenvalue weighted by atomic mass is 10.1. The fourth-order valence-electron chi connectivity index (χ4n) is 1.43. The first kappa shape index (κ1) is 18.0. The second-order valence-electron chi connectivity index (χ2n) is 3.94. The molecule has 0 bridgehead atoms. The Morgan fingerprint density at radius 1 is 0.909 bits per heavy atom. The minimum atomic E-state index is -4.67. The quantitative estimate of drug-likeness (QED) is 0.432. The molecule has 0 saturated carbocycles. The van der Waals surface area contributed by atoms with Crippen LogP contribution in [0.4, 0.5) is 0 Å². The third-order valence-corrected chi connectivity index (χ3v) is 3.16. The Bertz CT molecular complexity index is 612. The summed E-state index contributed by atoms with van der Waals surface area (Å²) in [6.45, 7) is -1.51. The van der Waals surface area contributed by atoms with Gasteiger partial charge in [-0.05, 0) is 18.2 Å². The van der Waals surface area contributed by atoms with E-state index in [1.807, 2.05) is 0 Å². The molecule has 3 N–H and O–H groups in total. The average molecular weight is 334 g/mol. The topological polar surface area (TPSA) is 147 Å². The number of rotatable bonds is 7. The molecule has 0 aliphatic heterocycles. The lowest BCUT2D eigenvalue weighted by molar-refractivity contribution is 0.0429. The monoisotopic (exact) mass is 334 g/mol. The van der Waals surface area contributed by atoms with Gasteiger partial charge in [-0.15, -0.1) is 0 Å². The Labute approximate surface area is 125 Å². The molecule has 0 atom stereocenters. The smallest absolute Gasteiger partial charge is 0.338 e. The molecule has 9 nitrogen and oxygen atoms in total. The van der Waals surface area contributed by atoms with E-state index in [1.54, 1.807) is 0 Å². The molecule has 0 spiro atoms. The molecule has 0 radical (unpaired) electrons. The minimum Gasteiger partial charge on any atom is -0.460 e. The number of benzene rings is 1. The fraction of sp³-hybridized carbons (Fsp3) is 0.333. The molecule has 0 saturated heterocycles. The third-order valence-electron chi connectivity index (χ3n) is 2.32. The van der Waals surface area contributed by atoms with E-state index in [2.05, 4.69) is 9.47 Å². The summed E-state index contributed by atoms with van der Waals surface area (Å²) in [7, 11) is -4.67. The molecule has 1 aromatic rings. The van der Waals surface area contributed by atoms with E-state index < -0.39 is 40.2 Å². The molecule has 0 aromatic heterocycles. The highest BCUT2D eigenvalue weighted by Gasteiger charge is 2.20. The SMILES string of the molecule is O=C(OCCO)c1cc(C(=O)OCCO)cc(S(=O)(=O)O)c1. The zero-order valence-electron chi connectivity index (χ0n) is 11.3. The molecule has 1 aromatic carbocycles. The van der Waals surface area contributed by atoms with Crippen LogP contribution in [0.2, 0.25) is 0 Å². The molecule has 0 heterocycles. The van der Waals surface area contributed by atoms with E-state index in [4.69, 9.17) is 14.8 Å². The second-order valence-corrected chi connectivity index (χ2v) is 5.36.